The molecule has 0 radical (unpaired) electrons. The van der Waals surface area contributed by atoms with Gasteiger partial charge in [-0.2, -0.15) is 0 Å². The van der Waals surface area contributed by atoms with E-state index in [1.807, 2.05) is 59.5 Å². The minimum absolute atomic E-state index is 0.0136. The molecule has 2 aromatic rings. The molecule has 1 aliphatic heterocycles. The number of methoxy groups -OCH3 is 1. The zero-order valence-electron chi connectivity index (χ0n) is 17.5. The Morgan fingerprint density at radius 3 is 2.50 bits per heavy atom. The summed E-state index contributed by atoms with van der Waals surface area (Å²) in [6.07, 6.45) is 5.96. The number of fused-ring (bicyclic) bond motifs is 1. The second-order valence-electron chi connectivity index (χ2n) is 8.33. The van der Waals surface area contributed by atoms with Gasteiger partial charge in [-0.25, -0.2) is 0 Å². The van der Waals surface area contributed by atoms with Crippen LogP contribution in [0.15, 0.2) is 54.6 Å². The monoisotopic (exact) mass is 406 g/mol. The summed E-state index contributed by atoms with van der Waals surface area (Å²) in [4.78, 5) is 28.3. The van der Waals surface area contributed by atoms with Crippen LogP contribution in [-0.4, -0.2) is 42.5 Å². The van der Waals surface area contributed by atoms with Crippen molar-refractivity contribution in [3.63, 3.8) is 0 Å². The summed E-state index contributed by atoms with van der Waals surface area (Å²) >= 11 is 0. The quantitative estimate of drug-likeness (QED) is 0.793. The third-order valence-corrected chi connectivity index (χ3v) is 6.52. The van der Waals surface area contributed by atoms with Crippen LogP contribution in [0.2, 0.25) is 0 Å². The molecule has 2 amide bonds. The van der Waals surface area contributed by atoms with E-state index in [0.717, 1.165) is 43.4 Å². The zero-order valence-corrected chi connectivity index (χ0v) is 17.5. The normalized spacial score (nSPS) is 23.0. The number of benzene rings is 2. The zero-order chi connectivity index (χ0) is 20.9. The average Bonchev–Trinajstić information content (AvgIpc) is 3.19. The van der Waals surface area contributed by atoms with E-state index in [1.165, 1.54) is 6.42 Å². The fourth-order valence-corrected chi connectivity index (χ4v) is 4.96. The Hall–Kier alpha value is -2.82. The molecular formula is C25H30N2O3. The van der Waals surface area contributed by atoms with Crippen LogP contribution in [0.4, 0.5) is 0 Å². The molecule has 1 saturated heterocycles. The fourth-order valence-electron chi connectivity index (χ4n) is 4.96. The largest absolute Gasteiger partial charge is 0.497 e. The highest BCUT2D eigenvalue weighted by Crippen LogP contribution is 2.40. The Kier molecular flexibility index (Phi) is 6.36. The standard InChI is InChI=1S/C25H30N2O3/c1-30-21-13-11-18(12-14-21)15-16-26-24(28)23-17-20-9-5-6-10-22(20)27(23)25(29)19-7-3-2-4-8-19/h2-4,7-8,11-14,20,22-23H,5-6,9-10,15-17H2,1H3,(H,26,28). The van der Waals surface area contributed by atoms with Gasteiger partial charge in [-0.15, -0.1) is 0 Å². The van der Waals surface area contributed by atoms with Gasteiger partial charge in [0.2, 0.25) is 5.91 Å². The van der Waals surface area contributed by atoms with Crippen LogP contribution in [0.3, 0.4) is 0 Å². The van der Waals surface area contributed by atoms with E-state index >= 15 is 0 Å². The van der Waals surface area contributed by atoms with Crippen LogP contribution in [-0.2, 0) is 11.2 Å². The van der Waals surface area contributed by atoms with Gasteiger partial charge in [0.15, 0.2) is 0 Å². The van der Waals surface area contributed by atoms with Crippen molar-refractivity contribution in [2.24, 2.45) is 5.92 Å². The Balaban J connectivity index is 1.43. The maximum absolute atomic E-state index is 13.3. The number of ether oxygens (including phenoxy) is 1. The summed E-state index contributed by atoms with van der Waals surface area (Å²) in [7, 11) is 1.65. The number of nitrogens with zero attached hydrogens (tertiary/aromatic N) is 1. The maximum Gasteiger partial charge on any atom is 0.254 e. The molecule has 30 heavy (non-hydrogen) atoms. The highest BCUT2D eigenvalue weighted by atomic mass is 16.5. The third kappa shape index (κ3) is 4.35. The first-order valence-corrected chi connectivity index (χ1v) is 11.0. The lowest BCUT2D eigenvalue weighted by Crippen LogP contribution is -2.49. The summed E-state index contributed by atoms with van der Waals surface area (Å²) < 4.78 is 5.19. The van der Waals surface area contributed by atoms with Gasteiger partial charge in [-0.05, 0) is 61.4 Å². The topological polar surface area (TPSA) is 58.6 Å². The molecule has 4 rings (SSSR count). The number of nitrogens with one attached hydrogen (secondary N) is 1. The molecule has 1 saturated carbocycles. The molecule has 3 unspecified atom stereocenters. The maximum atomic E-state index is 13.3. The van der Waals surface area contributed by atoms with Crippen LogP contribution < -0.4 is 10.1 Å². The van der Waals surface area contributed by atoms with Crippen LogP contribution in [0.1, 0.15) is 48.0 Å². The number of hydrogen-bond donors (Lipinski definition) is 1. The first kappa shape index (κ1) is 20.5. The highest BCUT2D eigenvalue weighted by Gasteiger charge is 2.47. The van der Waals surface area contributed by atoms with Gasteiger partial charge >= 0.3 is 0 Å². The van der Waals surface area contributed by atoms with Crippen LogP contribution in [0, 0.1) is 5.92 Å². The van der Waals surface area contributed by atoms with Gasteiger partial charge in [-0.1, -0.05) is 43.2 Å². The van der Waals surface area contributed by atoms with Gasteiger partial charge in [-0.3, -0.25) is 9.59 Å². The molecule has 1 aliphatic carbocycles. The predicted octanol–water partition coefficient (Wildman–Crippen LogP) is 3.83. The van der Waals surface area contributed by atoms with Crippen LogP contribution in [0.5, 0.6) is 5.75 Å². The van der Waals surface area contributed by atoms with Gasteiger partial charge in [0.1, 0.15) is 11.8 Å². The van der Waals surface area contributed by atoms with Crippen molar-refractivity contribution in [2.75, 3.05) is 13.7 Å². The first-order chi connectivity index (χ1) is 14.7. The van der Waals surface area contributed by atoms with E-state index in [-0.39, 0.29) is 23.9 Å². The summed E-state index contributed by atoms with van der Waals surface area (Å²) in [5, 5.41) is 3.08. The summed E-state index contributed by atoms with van der Waals surface area (Å²) in [6.45, 7) is 0.560. The van der Waals surface area contributed by atoms with E-state index in [0.29, 0.717) is 18.0 Å². The van der Waals surface area contributed by atoms with Gasteiger partial charge in [0, 0.05) is 18.2 Å². The van der Waals surface area contributed by atoms with Crippen molar-refractivity contribution >= 4 is 11.8 Å². The molecule has 158 valence electrons. The fraction of sp³-hybridized carbons (Fsp3) is 0.440. The number of likely N-dealkylation sites (tertiary alicyclic amines) is 1. The lowest BCUT2D eigenvalue weighted by molar-refractivity contribution is -0.125. The molecule has 2 aliphatic rings. The Bertz CT molecular complexity index is 866. The van der Waals surface area contributed by atoms with E-state index in [9.17, 15) is 9.59 Å². The third-order valence-electron chi connectivity index (χ3n) is 6.52. The second-order valence-corrected chi connectivity index (χ2v) is 8.33. The molecule has 1 heterocycles. The van der Waals surface area contributed by atoms with Crippen molar-refractivity contribution in [1.82, 2.24) is 10.2 Å². The number of carbonyl (C=O) groups excluding carboxylic acids is 2. The van der Waals surface area contributed by atoms with E-state index in [4.69, 9.17) is 4.74 Å². The molecular weight excluding hydrogens is 376 g/mol. The minimum Gasteiger partial charge on any atom is -0.497 e. The van der Waals surface area contributed by atoms with Crippen molar-refractivity contribution in [3.05, 3.63) is 65.7 Å². The number of hydrogen-bond acceptors (Lipinski definition) is 3. The smallest absolute Gasteiger partial charge is 0.254 e. The molecule has 5 heteroatoms. The second kappa shape index (κ2) is 9.33. The van der Waals surface area contributed by atoms with Crippen LogP contribution in [0.25, 0.3) is 0 Å². The van der Waals surface area contributed by atoms with Crippen molar-refractivity contribution in [1.29, 1.82) is 0 Å². The molecule has 2 fully saturated rings. The summed E-state index contributed by atoms with van der Waals surface area (Å²) in [6, 6.07) is 17.1. The van der Waals surface area contributed by atoms with Gasteiger partial charge in [0.25, 0.3) is 5.91 Å². The summed E-state index contributed by atoms with van der Waals surface area (Å²) in [5.41, 5.74) is 1.81. The average molecular weight is 407 g/mol. The Labute approximate surface area is 178 Å². The highest BCUT2D eigenvalue weighted by molar-refractivity contribution is 5.98. The number of amides is 2. The predicted molar refractivity (Wildman–Crippen MR) is 116 cm³/mol. The van der Waals surface area contributed by atoms with E-state index in [1.54, 1.807) is 7.11 Å². The Morgan fingerprint density at radius 2 is 1.77 bits per heavy atom. The summed E-state index contributed by atoms with van der Waals surface area (Å²) in [5.74, 6) is 1.22. The lowest BCUT2D eigenvalue weighted by atomic mass is 9.84. The first-order valence-electron chi connectivity index (χ1n) is 11.0. The van der Waals surface area contributed by atoms with Crippen molar-refractivity contribution in [2.45, 2.75) is 50.6 Å². The molecule has 0 bridgehead atoms. The lowest BCUT2D eigenvalue weighted by Gasteiger charge is -2.33. The van der Waals surface area contributed by atoms with Crippen molar-refractivity contribution in [3.8, 4) is 5.75 Å². The minimum atomic E-state index is -0.373. The molecule has 0 aromatic heterocycles. The van der Waals surface area contributed by atoms with Crippen molar-refractivity contribution < 1.29 is 14.3 Å². The number of carbonyl (C=O) groups is 2. The molecule has 5 nitrogen and oxygen atoms in total. The van der Waals surface area contributed by atoms with E-state index < -0.39 is 0 Å². The molecule has 2 aromatic carbocycles. The molecule has 0 spiro atoms. The van der Waals surface area contributed by atoms with Gasteiger partial charge < -0.3 is 15.0 Å². The van der Waals surface area contributed by atoms with Crippen LogP contribution >= 0.6 is 0 Å². The number of rotatable bonds is 6. The molecule has 3 atom stereocenters. The van der Waals surface area contributed by atoms with Gasteiger partial charge in [0.05, 0.1) is 7.11 Å². The molecule has 1 N–H and O–H groups in total. The Morgan fingerprint density at radius 1 is 1.03 bits per heavy atom. The van der Waals surface area contributed by atoms with E-state index in [2.05, 4.69) is 5.32 Å². The SMILES string of the molecule is COc1ccc(CCNC(=O)C2CC3CCCCC3N2C(=O)c2ccccc2)cc1.